The summed E-state index contributed by atoms with van der Waals surface area (Å²) in [7, 11) is 0. The number of carbonyl (C=O) groups is 1. The number of carbonyl (C=O) groups excluding carboxylic acids is 1. The molecule has 1 saturated heterocycles. The summed E-state index contributed by atoms with van der Waals surface area (Å²) in [5.41, 5.74) is 7.58. The summed E-state index contributed by atoms with van der Waals surface area (Å²) < 4.78 is 0. The van der Waals surface area contributed by atoms with Crippen molar-refractivity contribution in [3.8, 4) is 0 Å². The normalized spacial score (nSPS) is 20.6. The van der Waals surface area contributed by atoms with E-state index >= 15 is 0 Å². The van der Waals surface area contributed by atoms with Crippen molar-refractivity contribution in [3.63, 3.8) is 0 Å². The summed E-state index contributed by atoms with van der Waals surface area (Å²) in [4.78, 5) is 11.9. The molecule has 0 radical (unpaired) electrons. The number of nitrogens with two attached hydrogens (primary N) is 1. The molecule has 1 fully saturated rings. The summed E-state index contributed by atoms with van der Waals surface area (Å²) in [5.74, 6) is 2.62. The number of amides is 1. The molecule has 0 aromatic heterocycles. The average Bonchev–Trinajstić information content (AvgIpc) is 2.82. The van der Waals surface area contributed by atoms with Crippen LogP contribution in [0.25, 0.3) is 0 Å². The minimum absolute atomic E-state index is 0.159. The fraction of sp³-hybridized carbons (Fsp3) is 0.500. The Morgan fingerprint density at radius 2 is 2.22 bits per heavy atom. The third-order valence-corrected chi connectivity index (χ3v) is 4.45. The number of anilines is 1. The second-order valence-electron chi connectivity index (χ2n) is 4.90. The number of nitrogen functional groups attached to an aromatic ring is 1. The maximum atomic E-state index is 11.9. The highest BCUT2D eigenvalue weighted by molar-refractivity contribution is 7.99. The molecule has 0 saturated carbocycles. The maximum absolute atomic E-state index is 11.9. The molecule has 1 aromatic carbocycles. The predicted octanol–water partition coefficient (Wildman–Crippen LogP) is 2.38. The lowest BCUT2D eigenvalue weighted by Gasteiger charge is -2.15. The van der Waals surface area contributed by atoms with Crippen LogP contribution >= 0.6 is 11.8 Å². The summed E-state index contributed by atoms with van der Waals surface area (Å²) in [6, 6.07) is 8.15. The summed E-state index contributed by atoms with van der Waals surface area (Å²) in [6.45, 7) is 2.08. The van der Waals surface area contributed by atoms with Crippen LogP contribution in [0.5, 0.6) is 0 Å². The van der Waals surface area contributed by atoms with Crippen molar-refractivity contribution in [2.75, 3.05) is 17.2 Å². The van der Waals surface area contributed by atoms with Crippen molar-refractivity contribution < 1.29 is 4.79 Å². The fourth-order valence-electron chi connectivity index (χ4n) is 2.16. The van der Waals surface area contributed by atoms with Gasteiger partial charge in [0.2, 0.25) is 5.91 Å². The monoisotopic (exact) mass is 264 g/mol. The van der Waals surface area contributed by atoms with Gasteiger partial charge in [0.25, 0.3) is 0 Å². The molecule has 1 aliphatic heterocycles. The zero-order valence-corrected chi connectivity index (χ0v) is 11.5. The van der Waals surface area contributed by atoms with Gasteiger partial charge in [0.1, 0.15) is 0 Å². The molecule has 2 unspecified atom stereocenters. The molecule has 1 aliphatic rings. The van der Waals surface area contributed by atoms with Crippen LogP contribution in [0.1, 0.15) is 31.2 Å². The number of hydrogen-bond donors (Lipinski definition) is 2. The number of benzene rings is 1. The Morgan fingerprint density at radius 1 is 1.50 bits per heavy atom. The van der Waals surface area contributed by atoms with Crippen LogP contribution in [-0.4, -0.2) is 23.5 Å². The quantitative estimate of drug-likeness (QED) is 0.821. The Hall–Kier alpha value is -1.16. The largest absolute Gasteiger partial charge is 0.399 e. The maximum Gasteiger partial charge on any atom is 0.220 e. The third kappa shape index (κ3) is 3.67. The molecule has 4 heteroatoms. The Balaban J connectivity index is 1.84. The summed E-state index contributed by atoms with van der Waals surface area (Å²) in [6.07, 6.45) is 1.65. The lowest BCUT2D eigenvalue weighted by Crippen LogP contribution is -2.35. The number of rotatable bonds is 4. The number of thioether (sulfide) groups is 1. The Bertz CT molecular complexity index is 399. The van der Waals surface area contributed by atoms with Crippen LogP contribution in [0.4, 0.5) is 5.69 Å². The molecule has 0 bridgehead atoms. The molecular formula is C14H20N2OS. The Kier molecular flexibility index (Phi) is 4.53. The number of nitrogens with one attached hydrogen (secondary N) is 1. The van der Waals surface area contributed by atoms with Gasteiger partial charge in [-0.05, 0) is 35.8 Å². The second-order valence-corrected chi connectivity index (χ2v) is 6.05. The minimum atomic E-state index is 0.159. The topological polar surface area (TPSA) is 55.1 Å². The van der Waals surface area contributed by atoms with E-state index in [0.29, 0.717) is 12.5 Å². The van der Waals surface area contributed by atoms with E-state index < -0.39 is 0 Å². The second kappa shape index (κ2) is 6.14. The van der Waals surface area contributed by atoms with Crippen LogP contribution in [0.2, 0.25) is 0 Å². The van der Waals surface area contributed by atoms with Gasteiger partial charge in [-0.15, -0.1) is 0 Å². The summed E-state index contributed by atoms with van der Waals surface area (Å²) in [5, 5.41) is 3.11. The molecule has 2 atom stereocenters. The van der Waals surface area contributed by atoms with E-state index in [1.54, 1.807) is 0 Å². The SMILES string of the molecule is CC(CC(=O)NC1CCSC1)c1ccc(N)cc1. The van der Waals surface area contributed by atoms with Gasteiger partial charge < -0.3 is 11.1 Å². The van der Waals surface area contributed by atoms with E-state index in [2.05, 4.69) is 12.2 Å². The van der Waals surface area contributed by atoms with Crippen molar-refractivity contribution >= 4 is 23.4 Å². The van der Waals surface area contributed by atoms with Gasteiger partial charge in [0, 0.05) is 23.9 Å². The minimum Gasteiger partial charge on any atom is -0.399 e. The van der Waals surface area contributed by atoms with Crippen molar-refractivity contribution in [2.24, 2.45) is 0 Å². The average molecular weight is 264 g/mol. The molecule has 2 rings (SSSR count). The van der Waals surface area contributed by atoms with Gasteiger partial charge in [-0.3, -0.25) is 4.79 Å². The standard InChI is InChI=1S/C14H20N2OS/c1-10(11-2-4-12(15)5-3-11)8-14(17)16-13-6-7-18-9-13/h2-5,10,13H,6-9,15H2,1H3,(H,16,17). The van der Waals surface area contributed by atoms with E-state index in [9.17, 15) is 4.79 Å². The van der Waals surface area contributed by atoms with Crippen LogP contribution in [-0.2, 0) is 4.79 Å². The first kappa shape index (κ1) is 13.3. The highest BCUT2D eigenvalue weighted by atomic mass is 32.2. The molecule has 3 nitrogen and oxygen atoms in total. The lowest BCUT2D eigenvalue weighted by atomic mass is 9.97. The molecule has 1 heterocycles. The smallest absolute Gasteiger partial charge is 0.220 e. The molecule has 0 spiro atoms. The van der Waals surface area contributed by atoms with Gasteiger partial charge >= 0.3 is 0 Å². The molecule has 1 aromatic rings. The Morgan fingerprint density at radius 3 is 2.83 bits per heavy atom. The van der Waals surface area contributed by atoms with E-state index in [4.69, 9.17) is 5.73 Å². The van der Waals surface area contributed by atoms with Crippen LogP contribution in [0.15, 0.2) is 24.3 Å². The molecule has 18 heavy (non-hydrogen) atoms. The third-order valence-electron chi connectivity index (χ3n) is 3.29. The van der Waals surface area contributed by atoms with Gasteiger partial charge in [-0.25, -0.2) is 0 Å². The van der Waals surface area contributed by atoms with Crippen LogP contribution in [0, 0.1) is 0 Å². The first-order chi connectivity index (χ1) is 8.65. The van der Waals surface area contributed by atoms with E-state index in [0.717, 1.165) is 17.9 Å². The lowest BCUT2D eigenvalue weighted by molar-refractivity contribution is -0.121. The van der Waals surface area contributed by atoms with Crippen molar-refractivity contribution in [2.45, 2.75) is 31.7 Å². The first-order valence-electron chi connectivity index (χ1n) is 6.37. The van der Waals surface area contributed by atoms with Gasteiger partial charge in [0.15, 0.2) is 0 Å². The van der Waals surface area contributed by atoms with Gasteiger partial charge in [-0.2, -0.15) is 11.8 Å². The highest BCUT2D eigenvalue weighted by Gasteiger charge is 2.19. The van der Waals surface area contributed by atoms with Crippen molar-refractivity contribution in [1.29, 1.82) is 0 Å². The first-order valence-corrected chi connectivity index (χ1v) is 7.53. The molecule has 0 aliphatic carbocycles. The molecule has 98 valence electrons. The summed E-state index contributed by atoms with van der Waals surface area (Å²) >= 11 is 1.91. The fourth-order valence-corrected chi connectivity index (χ4v) is 3.31. The highest BCUT2D eigenvalue weighted by Crippen LogP contribution is 2.21. The Labute approximate surface area is 113 Å². The number of hydrogen-bond acceptors (Lipinski definition) is 3. The zero-order chi connectivity index (χ0) is 13.0. The molecule has 1 amide bonds. The van der Waals surface area contributed by atoms with Crippen LogP contribution in [0.3, 0.4) is 0 Å². The van der Waals surface area contributed by atoms with Gasteiger partial charge in [-0.1, -0.05) is 19.1 Å². The predicted molar refractivity (Wildman–Crippen MR) is 77.8 cm³/mol. The van der Waals surface area contributed by atoms with E-state index in [1.807, 2.05) is 36.0 Å². The van der Waals surface area contributed by atoms with Crippen molar-refractivity contribution in [3.05, 3.63) is 29.8 Å². The van der Waals surface area contributed by atoms with Crippen LogP contribution < -0.4 is 11.1 Å². The van der Waals surface area contributed by atoms with Crippen molar-refractivity contribution in [1.82, 2.24) is 5.32 Å². The molecular weight excluding hydrogens is 244 g/mol. The zero-order valence-electron chi connectivity index (χ0n) is 10.7. The van der Waals surface area contributed by atoms with E-state index in [1.165, 1.54) is 11.3 Å². The van der Waals surface area contributed by atoms with Gasteiger partial charge in [0.05, 0.1) is 0 Å². The van der Waals surface area contributed by atoms with E-state index in [-0.39, 0.29) is 11.8 Å². The molecule has 3 N–H and O–H groups in total.